The summed E-state index contributed by atoms with van der Waals surface area (Å²) in [4.78, 5) is 4.10. The van der Waals surface area contributed by atoms with Gasteiger partial charge in [-0.1, -0.05) is 0 Å². The molecule has 0 aliphatic carbocycles. The quantitative estimate of drug-likeness (QED) is 0.902. The Morgan fingerprint density at radius 1 is 1.38 bits per heavy atom. The molecule has 6 nitrogen and oxygen atoms in total. The van der Waals surface area contributed by atoms with Crippen molar-refractivity contribution in [3.63, 3.8) is 0 Å². The Morgan fingerprint density at radius 2 is 2.24 bits per heavy atom. The van der Waals surface area contributed by atoms with Gasteiger partial charge in [0.1, 0.15) is 0 Å². The zero-order valence-electron chi connectivity index (χ0n) is 12.5. The van der Waals surface area contributed by atoms with E-state index in [1.54, 1.807) is 21.4 Å². The van der Waals surface area contributed by atoms with E-state index in [0.29, 0.717) is 12.5 Å². The Kier molecular flexibility index (Phi) is 4.33. The minimum absolute atomic E-state index is 0.134. The molecule has 2 fully saturated rings. The van der Waals surface area contributed by atoms with Gasteiger partial charge in [0.2, 0.25) is 0 Å². The summed E-state index contributed by atoms with van der Waals surface area (Å²) in [7, 11) is -3.45. The van der Waals surface area contributed by atoms with Crippen LogP contribution in [-0.2, 0) is 16.6 Å². The normalized spacial score (nSPS) is 28.0. The Morgan fingerprint density at radius 3 is 2.90 bits per heavy atom. The SMILES string of the molecule is CCn1cnc(S(=O)(=O)N2CCCC2C2CCCNC2)c1. The number of hydrogen-bond donors (Lipinski definition) is 1. The lowest BCUT2D eigenvalue weighted by Gasteiger charge is -2.33. The highest BCUT2D eigenvalue weighted by atomic mass is 32.2. The van der Waals surface area contributed by atoms with Crippen molar-refractivity contribution in [2.24, 2.45) is 5.92 Å². The van der Waals surface area contributed by atoms with E-state index in [1.165, 1.54) is 0 Å². The van der Waals surface area contributed by atoms with E-state index < -0.39 is 10.0 Å². The van der Waals surface area contributed by atoms with Gasteiger partial charge in [0.05, 0.1) is 6.33 Å². The first-order chi connectivity index (χ1) is 10.1. The van der Waals surface area contributed by atoms with Gasteiger partial charge in [-0.25, -0.2) is 13.4 Å². The van der Waals surface area contributed by atoms with Crippen LogP contribution in [-0.4, -0.2) is 48.0 Å². The Balaban J connectivity index is 1.82. The summed E-state index contributed by atoms with van der Waals surface area (Å²) in [5, 5.41) is 3.59. The average molecular weight is 312 g/mol. The van der Waals surface area contributed by atoms with Gasteiger partial charge < -0.3 is 9.88 Å². The van der Waals surface area contributed by atoms with Gasteiger partial charge in [-0.05, 0) is 51.6 Å². The summed E-state index contributed by atoms with van der Waals surface area (Å²) in [6.45, 7) is 5.32. The summed E-state index contributed by atoms with van der Waals surface area (Å²) < 4.78 is 29.2. The van der Waals surface area contributed by atoms with Crippen LogP contribution >= 0.6 is 0 Å². The average Bonchev–Trinajstić information content (AvgIpc) is 3.17. The fraction of sp³-hybridized carbons (Fsp3) is 0.786. The van der Waals surface area contributed by atoms with Gasteiger partial charge in [-0.3, -0.25) is 0 Å². The molecule has 0 saturated carbocycles. The number of imidazole rings is 1. The van der Waals surface area contributed by atoms with Crippen molar-refractivity contribution in [3.05, 3.63) is 12.5 Å². The number of piperidine rings is 1. The topological polar surface area (TPSA) is 67.2 Å². The molecule has 21 heavy (non-hydrogen) atoms. The molecule has 3 rings (SSSR count). The molecule has 2 aliphatic heterocycles. The summed E-state index contributed by atoms with van der Waals surface area (Å²) in [6, 6.07) is 0.134. The second kappa shape index (κ2) is 6.06. The molecule has 7 heteroatoms. The third kappa shape index (κ3) is 2.86. The van der Waals surface area contributed by atoms with Crippen molar-refractivity contribution in [1.82, 2.24) is 19.2 Å². The van der Waals surface area contributed by atoms with E-state index >= 15 is 0 Å². The molecule has 2 aliphatic rings. The molecule has 0 bridgehead atoms. The number of nitrogens with zero attached hydrogens (tertiary/aromatic N) is 3. The number of aromatic nitrogens is 2. The van der Waals surface area contributed by atoms with Gasteiger partial charge in [-0.2, -0.15) is 4.31 Å². The second-order valence-electron chi connectivity index (χ2n) is 5.97. The first kappa shape index (κ1) is 15.0. The molecular formula is C14H24N4O2S. The van der Waals surface area contributed by atoms with Crippen LogP contribution < -0.4 is 5.32 Å². The molecule has 0 spiro atoms. The minimum atomic E-state index is -3.45. The predicted molar refractivity (Wildman–Crippen MR) is 80.4 cm³/mol. The van der Waals surface area contributed by atoms with E-state index in [0.717, 1.165) is 45.3 Å². The highest BCUT2D eigenvalue weighted by Gasteiger charge is 2.40. The maximum Gasteiger partial charge on any atom is 0.262 e. The van der Waals surface area contributed by atoms with Crippen LogP contribution in [0.5, 0.6) is 0 Å². The predicted octanol–water partition coefficient (Wildman–Crippen LogP) is 1.06. The van der Waals surface area contributed by atoms with Gasteiger partial charge in [0.15, 0.2) is 5.03 Å². The summed E-state index contributed by atoms with van der Waals surface area (Å²) >= 11 is 0. The highest BCUT2D eigenvalue weighted by Crippen LogP contribution is 2.32. The van der Waals surface area contributed by atoms with Crippen LogP contribution in [0.3, 0.4) is 0 Å². The van der Waals surface area contributed by atoms with Crippen LogP contribution in [0, 0.1) is 5.92 Å². The van der Waals surface area contributed by atoms with Crippen molar-refractivity contribution in [2.75, 3.05) is 19.6 Å². The lowest BCUT2D eigenvalue weighted by atomic mass is 9.91. The summed E-state index contributed by atoms with van der Waals surface area (Å²) in [5.74, 6) is 0.435. The summed E-state index contributed by atoms with van der Waals surface area (Å²) in [5.41, 5.74) is 0. The van der Waals surface area contributed by atoms with Gasteiger partial charge >= 0.3 is 0 Å². The van der Waals surface area contributed by atoms with Gasteiger partial charge in [-0.15, -0.1) is 0 Å². The van der Waals surface area contributed by atoms with Crippen molar-refractivity contribution in [3.8, 4) is 0 Å². The molecule has 0 amide bonds. The Bertz CT molecular complexity index is 578. The van der Waals surface area contributed by atoms with Crippen LogP contribution in [0.25, 0.3) is 0 Å². The van der Waals surface area contributed by atoms with Crippen molar-refractivity contribution in [1.29, 1.82) is 0 Å². The molecule has 3 heterocycles. The molecule has 1 N–H and O–H groups in total. The maximum absolute atomic E-state index is 12.8. The highest BCUT2D eigenvalue weighted by molar-refractivity contribution is 7.89. The molecule has 118 valence electrons. The smallest absolute Gasteiger partial charge is 0.262 e. The van der Waals surface area contributed by atoms with E-state index in [2.05, 4.69) is 10.3 Å². The van der Waals surface area contributed by atoms with E-state index in [1.807, 2.05) is 6.92 Å². The maximum atomic E-state index is 12.8. The van der Waals surface area contributed by atoms with Crippen LogP contribution in [0.1, 0.15) is 32.6 Å². The van der Waals surface area contributed by atoms with Crippen LogP contribution in [0.15, 0.2) is 17.6 Å². The van der Waals surface area contributed by atoms with E-state index in [4.69, 9.17) is 0 Å². The number of rotatable bonds is 4. The fourth-order valence-corrected chi connectivity index (χ4v) is 5.20. The monoisotopic (exact) mass is 312 g/mol. The van der Waals surface area contributed by atoms with Crippen molar-refractivity contribution < 1.29 is 8.42 Å². The molecule has 2 unspecified atom stereocenters. The lowest BCUT2D eigenvalue weighted by molar-refractivity contribution is 0.238. The largest absolute Gasteiger partial charge is 0.336 e. The van der Waals surface area contributed by atoms with Crippen molar-refractivity contribution in [2.45, 2.75) is 50.2 Å². The van der Waals surface area contributed by atoms with Gasteiger partial charge in [0, 0.05) is 25.3 Å². The van der Waals surface area contributed by atoms with E-state index in [-0.39, 0.29) is 11.1 Å². The molecular weight excluding hydrogens is 288 g/mol. The molecule has 2 atom stereocenters. The standard InChI is InChI=1S/C14H24N4O2S/c1-2-17-10-14(16-11-17)21(19,20)18-8-4-6-13(18)12-5-3-7-15-9-12/h10-13,15H,2-9H2,1H3. The number of aryl methyl sites for hydroxylation is 1. The first-order valence-electron chi connectivity index (χ1n) is 7.87. The second-order valence-corrected chi connectivity index (χ2v) is 7.81. The molecule has 0 aromatic carbocycles. The Labute approximate surface area is 126 Å². The molecule has 1 aromatic heterocycles. The zero-order chi connectivity index (χ0) is 14.9. The van der Waals surface area contributed by atoms with E-state index in [9.17, 15) is 8.42 Å². The first-order valence-corrected chi connectivity index (χ1v) is 9.31. The van der Waals surface area contributed by atoms with Gasteiger partial charge in [0.25, 0.3) is 10.0 Å². The lowest BCUT2D eigenvalue weighted by Crippen LogP contribution is -2.45. The molecule has 0 radical (unpaired) electrons. The Hall–Kier alpha value is -0.920. The number of nitrogens with one attached hydrogen (secondary N) is 1. The molecule has 2 saturated heterocycles. The van der Waals surface area contributed by atoms with Crippen LogP contribution in [0.2, 0.25) is 0 Å². The summed E-state index contributed by atoms with van der Waals surface area (Å²) in [6.07, 6.45) is 7.42. The molecule has 1 aromatic rings. The minimum Gasteiger partial charge on any atom is -0.336 e. The van der Waals surface area contributed by atoms with Crippen LogP contribution in [0.4, 0.5) is 0 Å². The zero-order valence-corrected chi connectivity index (χ0v) is 13.3. The van der Waals surface area contributed by atoms with Crippen molar-refractivity contribution >= 4 is 10.0 Å². The third-order valence-corrected chi connectivity index (χ3v) is 6.49. The fourth-order valence-electron chi connectivity index (χ4n) is 3.51. The third-order valence-electron chi connectivity index (χ3n) is 4.68. The number of sulfonamides is 1. The number of hydrogen-bond acceptors (Lipinski definition) is 4.